The molecule has 16 heavy (non-hydrogen) atoms. The third kappa shape index (κ3) is 1.71. The Kier molecular flexibility index (Phi) is 2.74. The molecule has 2 heterocycles. The Morgan fingerprint density at radius 1 is 1.69 bits per heavy atom. The Bertz CT molecular complexity index is 416. The number of nitrogens with zero attached hydrogens (tertiary/aromatic N) is 3. The molecule has 1 aliphatic rings. The molecule has 1 saturated heterocycles. The SMILES string of the molecule is Cc1ccnc(N2CC(CO)C2)c1[N+](=O)[O-]. The van der Waals surface area contributed by atoms with Crippen LogP contribution in [0.4, 0.5) is 11.5 Å². The second kappa shape index (κ2) is 4.05. The average molecular weight is 223 g/mol. The molecule has 6 heteroatoms. The standard InChI is InChI=1S/C10H13N3O3/c1-7-2-3-11-10(9(7)13(15)16)12-4-8(5-12)6-14/h2-3,8,14H,4-6H2,1H3. The van der Waals surface area contributed by atoms with E-state index in [4.69, 9.17) is 5.11 Å². The summed E-state index contributed by atoms with van der Waals surface area (Å²) in [6.45, 7) is 3.09. The van der Waals surface area contributed by atoms with E-state index in [0.717, 1.165) is 0 Å². The highest BCUT2D eigenvalue weighted by Gasteiger charge is 2.32. The maximum Gasteiger partial charge on any atom is 0.314 e. The minimum Gasteiger partial charge on any atom is -0.396 e. The van der Waals surface area contributed by atoms with Gasteiger partial charge in [0.25, 0.3) is 0 Å². The average Bonchev–Trinajstić information content (AvgIpc) is 2.15. The Morgan fingerprint density at radius 2 is 2.38 bits per heavy atom. The first kappa shape index (κ1) is 10.8. The van der Waals surface area contributed by atoms with Crippen LogP contribution in [0.25, 0.3) is 0 Å². The van der Waals surface area contributed by atoms with Gasteiger partial charge < -0.3 is 10.0 Å². The molecule has 86 valence electrons. The van der Waals surface area contributed by atoms with Crippen LogP contribution in [-0.4, -0.2) is 34.7 Å². The Balaban J connectivity index is 2.28. The molecule has 6 nitrogen and oxygen atoms in total. The lowest BCUT2D eigenvalue weighted by molar-refractivity contribution is -0.385. The number of hydrogen-bond acceptors (Lipinski definition) is 5. The number of hydrogen-bond donors (Lipinski definition) is 1. The van der Waals surface area contributed by atoms with Crippen molar-refractivity contribution in [2.45, 2.75) is 6.92 Å². The van der Waals surface area contributed by atoms with Gasteiger partial charge in [-0.25, -0.2) is 4.98 Å². The maximum absolute atomic E-state index is 10.9. The number of aryl methyl sites for hydroxylation is 1. The van der Waals surface area contributed by atoms with Gasteiger partial charge in [-0.15, -0.1) is 0 Å². The summed E-state index contributed by atoms with van der Waals surface area (Å²) >= 11 is 0. The van der Waals surface area contributed by atoms with Crippen molar-refractivity contribution in [1.82, 2.24) is 4.98 Å². The lowest BCUT2D eigenvalue weighted by Gasteiger charge is -2.38. The van der Waals surface area contributed by atoms with Gasteiger partial charge in [-0.3, -0.25) is 10.1 Å². The van der Waals surface area contributed by atoms with E-state index in [1.807, 2.05) is 4.90 Å². The van der Waals surface area contributed by atoms with E-state index in [2.05, 4.69) is 4.98 Å². The molecule has 1 N–H and O–H groups in total. The smallest absolute Gasteiger partial charge is 0.314 e. The van der Waals surface area contributed by atoms with Crippen molar-refractivity contribution >= 4 is 11.5 Å². The lowest BCUT2D eigenvalue weighted by atomic mass is 10.0. The van der Waals surface area contributed by atoms with Crippen LogP contribution in [0.3, 0.4) is 0 Å². The third-order valence-corrected chi connectivity index (χ3v) is 2.80. The second-order valence-electron chi connectivity index (χ2n) is 4.01. The zero-order chi connectivity index (χ0) is 11.7. The highest BCUT2D eigenvalue weighted by Crippen LogP contribution is 2.32. The van der Waals surface area contributed by atoms with Gasteiger partial charge in [0, 0.05) is 37.4 Å². The van der Waals surface area contributed by atoms with E-state index in [-0.39, 0.29) is 18.2 Å². The van der Waals surface area contributed by atoms with Gasteiger partial charge in [0.15, 0.2) is 0 Å². The third-order valence-electron chi connectivity index (χ3n) is 2.80. The van der Waals surface area contributed by atoms with E-state index in [1.165, 1.54) is 0 Å². The highest BCUT2D eigenvalue weighted by atomic mass is 16.6. The highest BCUT2D eigenvalue weighted by molar-refractivity contribution is 5.62. The van der Waals surface area contributed by atoms with Crippen molar-refractivity contribution in [3.8, 4) is 0 Å². The molecular formula is C10H13N3O3. The van der Waals surface area contributed by atoms with Gasteiger partial charge in [0.2, 0.25) is 5.82 Å². The van der Waals surface area contributed by atoms with E-state index >= 15 is 0 Å². The summed E-state index contributed by atoms with van der Waals surface area (Å²) in [4.78, 5) is 16.4. The van der Waals surface area contributed by atoms with Crippen LogP contribution < -0.4 is 4.90 Å². The summed E-state index contributed by atoms with van der Waals surface area (Å²) in [6.07, 6.45) is 1.57. The first-order chi connectivity index (χ1) is 7.63. The summed E-state index contributed by atoms with van der Waals surface area (Å²) < 4.78 is 0. The monoisotopic (exact) mass is 223 g/mol. The summed E-state index contributed by atoms with van der Waals surface area (Å²) in [5.74, 6) is 0.622. The molecule has 0 atom stereocenters. The van der Waals surface area contributed by atoms with Gasteiger partial charge in [-0.05, 0) is 13.0 Å². The van der Waals surface area contributed by atoms with Gasteiger partial charge in [0.1, 0.15) is 0 Å². The number of rotatable bonds is 3. The summed E-state index contributed by atoms with van der Waals surface area (Å²) in [5.41, 5.74) is 0.682. The molecule has 1 fully saturated rings. The number of aromatic nitrogens is 1. The zero-order valence-electron chi connectivity index (χ0n) is 8.96. The predicted octanol–water partition coefficient (Wildman–Crippen LogP) is 0.727. The van der Waals surface area contributed by atoms with Crippen molar-refractivity contribution in [1.29, 1.82) is 0 Å². The fraction of sp³-hybridized carbons (Fsp3) is 0.500. The number of aliphatic hydroxyl groups excluding tert-OH is 1. The van der Waals surface area contributed by atoms with E-state index in [0.29, 0.717) is 24.5 Å². The molecule has 1 aromatic rings. The number of anilines is 1. The van der Waals surface area contributed by atoms with E-state index in [9.17, 15) is 10.1 Å². The van der Waals surface area contributed by atoms with Gasteiger partial charge >= 0.3 is 5.69 Å². The molecule has 0 unspecified atom stereocenters. The van der Waals surface area contributed by atoms with Crippen molar-refractivity contribution in [2.24, 2.45) is 5.92 Å². The maximum atomic E-state index is 10.9. The lowest BCUT2D eigenvalue weighted by Crippen LogP contribution is -2.49. The molecule has 0 spiro atoms. The number of pyridine rings is 1. The van der Waals surface area contributed by atoms with Crippen LogP contribution in [0.1, 0.15) is 5.56 Å². The molecule has 0 aliphatic carbocycles. The van der Waals surface area contributed by atoms with Crippen LogP contribution in [0.2, 0.25) is 0 Å². The number of aliphatic hydroxyl groups is 1. The largest absolute Gasteiger partial charge is 0.396 e. The van der Waals surface area contributed by atoms with Crippen molar-refractivity contribution in [3.63, 3.8) is 0 Å². The molecule has 1 aromatic heterocycles. The molecule has 0 saturated carbocycles. The number of nitro groups is 1. The quantitative estimate of drug-likeness (QED) is 0.603. The van der Waals surface area contributed by atoms with Crippen LogP contribution in [-0.2, 0) is 0 Å². The van der Waals surface area contributed by atoms with Crippen LogP contribution >= 0.6 is 0 Å². The Labute approximate surface area is 92.7 Å². The van der Waals surface area contributed by atoms with E-state index in [1.54, 1.807) is 19.2 Å². The van der Waals surface area contributed by atoms with Crippen molar-refractivity contribution < 1.29 is 10.0 Å². The molecule has 0 bridgehead atoms. The topological polar surface area (TPSA) is 79.5 Å². The van der Waals surface area contributed by atoms with Crippen LogP contribution in [0, 0.1) is 23.0 Å². The minimum atomic E-state index is -0.399. The fourth-order valence-corrected chi connectivity index (χ4v) is 1.85. The molecule has 0 amide bonds. The van der Waals surface area contributed by atoms with Gasteiger partial charge in [-0.1, -0.05) is 0 Å². The Hall–Kier alpha value is -1.69. The van der Waals surface area contributed by atoms with Crippen molar-refractivity contribution in [3.05, 3.63) is 27.9 Å². The Morgan fingerprint density at radius 3 is 2.94 bits per heavy atom. The van der Waals surface area contributed by atoms with E-state index < -0.39 is 4.92 Å². The predicted molar refractivity (Wildman–Crippen MR) is 58.4 cm³/mol. The molecule has 0 radical (unpaired) electrons. The normalized spacial score (nSPS) is 16.0. The zero-order valence-corrected chi connectivity index (χ0v) is 8.96. The summed E-state index contributed by atoms with van der Waals surface area (Å²) in [7, 11) is 0. The molecule has 0 aromatic carbocycles. The van der Waals surface area contributed by atoms with Gasteiger partial charge in [-0.2, -0.15) is 0 Å². The minimum absolute atomic E-state index is 0.0684. The van der Waals surface area contributed by atoms with Gasteiger partial charge in [0.05, 0.1) is 4.92 Å². The molecule has 1 aliphatic heterocycles. The van der Waals surface area contributed by atoms with Crippen molar-refractivity contribution in [2.75, 3.05) is 24.6 Å². The second-order valence-corrected chi connectivity index (χ2v) is 4.01. The fourth-order valence-electron chi connectivity index (χ4n) is 1.85. The molecule has 2 rings (SSSR count). The first-order valence-electron chi connectivity index (χ1n) is 5.09. The summed E-state index contributed by atoms with van der Waals surface area (Å²) in [6, 6.07) is 1.63. The molecular weight excluding hydrogens is 210 g/mol. The first-order valence-corrected chi connectivity index (χ1v) is 5.09. The van der Waals surface area contributed by atoms with Crippen LogP contribution in [0.5, 0.6) is 0 Å². The summed E-state index contributed by atoms with van der Waals surface area (Å²) in [5, 5.41) is 19.8. The van der Waals surface area contributed by atoms with Crippen LogP contribution in [0.15, 0.2) is 12.3 Å².